The monoisotopic (exact) mass is 230 g/mol. The van der Waals surface area contributed by atoms with Crippen LogP contribution < -0.4 is 0 Å². The van der Waals surface area contributed by atoms with Crippen molar-refractivity contribution in [3.63, 3.8) is 0 Å². The zero-order valence-electron chi connectivity index (χ0n) is 8.36. The lowest BCUT2D eigenvalue weighted by Crippen LogP contribution is -2.36. The highest BCUT2D eigenvalue weighted by Gasteiger charge is 2.35. The molecule has 1 aromatic carbocycles. The summed E-state index contributed by atoms with van der Waals surface area (Å²) in [7, 11) is -1.77. The number of halogens is 1. The summed E-state index contributed by atoms with van der Waals surface area (Å²) < 4.78 is 23.2. The third-order valence-corrected chi connectivity index (χ3v) is 3.77. The Morgan fingerprint density at radius 1 is 1.47 bits per heavy atom. The number of carbonyl (C=O) groups is 1. The number of benzene rings is 1. The van der Waals surface area contributed by atoms with Crippen LogP contribution in [0.25, 0.3) is 0 Å². The first kappa shape index (κ1) is 11.8. The average molecular weight is 230 g/mol. The molecular formula is C10H11FO3S. The molecule has 0 spiro atoms. The van der Waals surface area contributed by atoms with Gasteiger partial charge in [0.05, 0.1) is 10.8 Å². The lowest BCUT2D eigenvalue weighted by Gasteiger charge is -2.18. The minimum Gasteiger partial charge on any atom is -0.480 e. The molecule has 0 aliphatic rings. The smallest absolute Gasteiger partial charge is 0.322 e. The summed E-state index contributed by atoms with van der Waals surface area (Å²) in [4.78, 5) is 11.0. The summed E-state index contributed by atoms with van der Waals surface area (Å²) in [5, 5.41) is 8.86. The van der Waals surface area contributed by atoms with E-state index in [0.29, 0.717) is 0 Å². The molecule has 0 aliphatic carbocycles. The first-order valence-electron chi connectivity index (χ1n) is 4.26. The van der Waals surface area contributed by atoms with Crippen LogP contribution in [-0.4, -0.2) is 20.0 Å². The molecule has 1 atom stereocenters. The molecule has 0 radical (unpaired) electrons. The molecule has 15 heavy (non-hydrogen) atoms. The molecule has 1 N–H and O–H groups in total. The molecule has 0 bridgehead atoms. The van der Waals surface area contributed by atoms with Crippen LogP contribution in [0.2, 0.25) is 0 Å². The van der Waals surface area contributed by atoms with Gasteiger partial charge < -0.3 is 5.11 Å². The summed E-state index contributed by atoms with van der Waals surface area (Å²) in [6.45, 7) is 2.69. The van der Waals surface area contributed by atoms with Crippen molar-refractivity contribution in [1.29, 1.82) is 0 Å². The lowest BCUT2D eigenvalue weighted by molar-refractivity contribution is -0.139. The van der Waals surface area contributed by atoms with Gasteiger partial charge >= 0.3 is 5.97 Å². The van der Waals surface area contributed by atoms with E-state index in [0.717, 1.165) is 6.07 Å². The fraction of sp³-hybridized carbons (Fsp3) is 0.300. The van der Waals surface area contributed by atoms with Gasteiger partial charge in [0.15, 0.2) is 0 Å². The Labute approximate surface area is 89.4 Å². The molecule has 1 rings (SSSR count). The second-order valence-electron chi connectivity index (χ2n) is 3.54. The van der Waals surface area contributed by atoms with E-state index >= 15 is 0 Å². The Morgan fingerprint density at radius 3 is 2.53 bits per heavy atom. The highest BCUT2D eigenvalue weighted by Crippen LogP contribution is 2.21. The molecule has 1 aromatic rings. The van der Waals surface area contributed by atoms with Gasteiger partial charge in [0.1, 0.15) is 10.6 Å². The van der Waals surface area contributed by atoms with E-state index in [2.05, 4.69) is 0 Å². The van der Waals surface area contributed by atoms with Gasteiger partial charge in [-0.25, -0.2) is 4.39 Å². The first-order chi connectivity index (χ1) is 6.85. The number of hydrogen-bond donors (Lipinski definition) is 1. The fourth-order valence-corrected chi connectivity index (χ4v) is 2.13. The van der Waals surface area contributed by atoms with Crippen molar-refractivity contribution in [2.24, 2.45) is 0 Å². The van der Waals surface area contributed by atoms with E-state index in [1.165, 1.54) is 32.0 Å². The third-order valence-electron chi connectivity index (χ3n) is 1.99. The maximum absolute atomic E-state index is 12.8. The second kappa shape index (κ2) is 4.10. The SMILES string of the molecule is CC(C)(C(=O)O)S(=O)c1cccc(F)c1. The maximum Gasteiger partial charge on any atom is 0.322 e. The molecule has 82 valence electrons. The fourth-order valence-electron chi connectivity index (χ4n) is 0.956. The van der Waals surface area contributed by atoms with E-state index < -0.39 is 27.3 Å². The minimum absolute atomic E-state index is 0.183. The maximum atomic E-state index is 12.8. The standard InChI is InChI=1S/C10H11FO3S/c1-10(2,9(12)13)15(14)8-5-3-4-7(11)6-8/h3-6H,1-2H3,(H,12,13). The second-order valence-corrected chi connectivity index (χ2v) is 5.57. The molecule has 0 aromatic heterocycles. The number of aliphatic carboxylic acids is 1. The van der Waals surface area contributed by atoms with E-state index in [9.17, 15) is 13.4 Å². The predicted octanol–water partition coefficient (Wildman–Crippen LogP) is 1.80. The van der Waals surface area contributed by atoms with Gasteiger partial charge in [0, 0.05) is 4.90 Å². The summed E-state index contributed by atoms with van der Waals surface area (Å²) in [6.07, 6.45) is 0. The van der Waals surface area contributed by atoms with Gasteiger partial charge in [0.2, 0.25) is 0 Å². The van der Waals surface area contributed by atoms with Crippen molar-refractivity contribution in [2.75, 3.05) is 0 Å². The molecule has 0 fully saturated rings. The number of hydrogen-bond acceptors (Lipinski definition) is 2. The molecule has 0 saturated heterocycles. The highest BCUT2D eigenvalue weighted by atomic mass is 32.2. The van der Waals surface area contributed by atoms with Gasteiger partial charge in [-0.1, -0.05) is 6.07 Å². The van der Waals surface area contributed by atoms with Crippen molar-refractivity contribution in [2.45, 2.75) is 23.5 Å². The van der Waals surface area contributed by atoms with E-state index in [-0.39, 0.29) is 4.90 Å². The van der Waals surface area contributed by atoms with Crippen molar-refractivity contribution < 1.29 is 18.5 Å². The van der Waals surface area contributed by atoms with Crippen LogP contribution in [-0.2, 0) is 15.6 Å². The van der Waals surface area contributed by atoms with Gasteiger partial charge in [-0.3, -0.25) is 9.00 Å². The van der Waals surface area contributed by atoms with Crippen LogP contribution >= 0.6 is 0 Å². The van der Waals surface area contributed by atoms with Crippen LogP contribution in [0.1, 0.15) is 13.8 Å². The Hall–Kier alpha value is -1.23. The summed E-state index contributed by atoms with van der Waals surface area (Å²) in [5.74, 6) is -1.70. The van der Waals surface area contributed by atoms with E-state index in [1.54, 1.807) is 0 Å². The normalized spacial score (nSPS) is 13.5. The van der Waals surface area contributed by atoms with Crippen LogP contribution in [0.15, 0.2) is 29.2 Å². The first-order valence-corrected chi connectivity index (χ1v) is 5.41. The van der Waals surface area contributed by atoms with Crippen LogP contribution in [0.4, 0.5) is 4.39 Å². The summed E-state index contributed by atoms with van der Waals surface area (Å²) in [5.41, 5.74) is 0. The van der Waals surface area contributed by atoms with Crippen LogP contribution in [0.5, 0.6) is 0 Å². The molecule has 3 nitrogen and oxygen atoms in total. The van der Waals surface area contributed by atoms with E-state index in [1.807, 2.05) is 0 Å². The van der Waals surface area contributed by atoms with E-state index in [4.69, 9.17) is 5.11 Å². The van der Waals surface area contributed by atoms with Gasteiger partial charge in [-0.2, -0.15) is 0 Å². The largest absolute Gasteiger partial charge is 0.480 e. The van der Waals surface area contributed by atoms with Gasteiger partial charge in [-0.15, -0.1) is 0 Å². The Kier molecular flexibility index (Phi) is 3.24. The summed E-state index contributed by atoms with van der Waals surface area (Å²) >= 11 is 0. The molecule has 1 unspecified atom stereocenters. The Morgan fingerprint density at radius 2 is 2.07 bits per heavy atom. The molecule has 5 heteroatoms. The van der Waals surface area contributed by atoms with Crippen molar-refractivity contribution in [3.05, 3.63) is 30.1 Å². The Balaban J connectivity index is 3.10. The van der Waals surface area contributed by atoms with Crippen molar-refractivity contribution in [3.8, 4) is 0 Å². The highest BCUT2D eigenvalue weighted by molar-refractivity contribution is 7.87. The Bertz CT molecular complexity index is 415. The zero-order valence-corrected chi connectivity index (χ0v) is 9.18. The van der Waals surface area contributed by atoms with Crippen LogP contribution in [0.3, 0.4) is 0 Å². The van der Waals surface area contributed by atoms with Crippen molar-refractivity contribution >= 4 is 16.8 Å². The quantitative estimate of drug-likeness (QED) is 0.861. The number of rotatable bonds is 3. The molecule has 0 heterocycles. The summed E-state index contributed by atoms with van der Waals surface area (Å²) in [6, 6.07) is 5.15. The molecule has 0 amide bonds. The molecular weight excluding hydrogens is 219 g/mol. The minimum atomic E-state index is -1.77. The van der Waals surface area contributed by atoms with Crippen LogP contribution in [0, 0.1) is 5.82 Å². The molecule has 0 aliphatic heterocycles. The average Bonchev–Trinajstić information content (AvgIpc) is 2.16. The van der Waals surface area contributed by atoms with Crippen molar-refractivity contribution in [1.82, 2.24) is 0 Å². The lowest BCUT2D eigenvalue weighted by atomic mass is 10.2. The predicted molar refractivity (Wildman–Crippen MR) is 54.5 cm³/mol. The third kappa shape index (κ3) is 2.41. The van der Waals surface area contributed by atoms with Gasteiger partial charge in [0.25, 0.3) is 0 Å². The van der Waals surface area contributed by atoms with Gasteiger partial charge in [-0.05, 0) is 32.0 Å². The number of carboxylic acid groups (broad SMARTS) is 1. The topological polar surface area (TPSA) is 54.4 Å². The number of carboxylic acids is 1. The molecule has 0 saturated carbocycles. The zero-order chi connectivity index (χ0) is 11.6.